The van der Waals surface area contributed by atoms with Gasteiger partial charge < -0.3 is 14.4 Å². The molecule has 0 unspecified atom stereocenters. The summed E-state index contributed by atoms with van der Waals surface area (Å²) in [5.74, 6) is 2.02. The monoisotopic (exact) mass is 701 g/mol. The maximum atomic E-state index is 14.7. The molecule has 3 aromatic rings. The van der Waals surface area contributed by atoms with E-state index in [0.717, 1.165) is 68.5 Å². The molecule has 1 saturated heterocycles. The molecule has 9 nitrogen and oxygen atoms in total. The smallest absolute Gasteiger partial charge is 0.410 e. The number of carbonyl (C=O) groups is 2. The van der Waals surface area contributed by atoms with Crippen molar-refractivity contribution in [3.8, 4) is 16.9 Å². The summed E-state index contributed by atoms with van der Waals surface area (Å²) in [6.45, 7) is 10.6. The van der Waals surface area contributed by atoms with Gasteiger partial charge in [-0.25, -0.2) is 9.78 Å². The van der Waals surface area contributed by atoms with Gasteiger partial charge in [0.05, 0.1) is 13.3 Å². The Labute approximate surface area is 301 Å². The average molecular weight is 702 g/mol. The van der Waals surface area contributed by atoms with Crippen LogP contribution in [0.5, 0.6) is 5.75 Å². The van der Waals surface area contributed by atoms with Crippen LogP contribution in [0, 0.1) is 24.2 Å². The standard InChI is InChI=1S/C40H52ClN5O4/c1-26(2)46-24-31(21-42-46)30-19-35(41)43-36(20-30)45(37(47)29-6-9-33(10-7-29)50-38(48)44-22-27(3)23-44)25-39-12-15-40(16-13-39,17-14-39)32-8-11-34(49-5)28(4)18-32/h8,11,18-21,24,26-27,29,33H,6-7,9-10,12-17,22-23,25H2,1-5H3. The van der Waals surface area contributed by atoms with Crippen molar-refractivity contribution in [2.75, 3.05) is 31.6 Å². The minimum absolute atomic E-state index is 0.0205. The fourth-order valence-corrected chi connectivity index (χ4v) is 9.22. The van der Waals surface area contributed by atoms with Gasteiger partial charge in [-0.05, 0) is 137 Å². The highest BCUT2D eigenvalue weighted by molar-refractivity contribution is 6.29. The van der Waals surface area contributed by atoms with E-state index in [0.29, 0.717) is 49.1 Å². The molecule has 2 aromatic heterocycles. The zero-order chi connectivity index (χ0) is 35.2. The summed E-state index contributed by atoms with van der Waals surface area (Å²) in [5, 5.41) is 4.92. The van der Waals surface area contributed by atoms with Crippen LogP contribution in [0.25, 0.3) is 11.1 Å². The number of amides is 2. The number of rotatable bonds is 9. The Balaban J connectivity index is 1.12. The molecule has 2 bridgehead atoms. The second kappa shape index (κ2) is 13.9. The Morgan fingerprint density at radius 3 is 2.30 bits per heavy atom. The summed E-state index contributed by atoms with van der Waals surface area (Å²) in [7, 11) is 1.73. The summed E-state index contributed by atoms with van der Waals surface area (Å²) in [4.78, 5) is 35.9. The number of carbonyl (C=O) groups excluding carboxylic acids is 2. The first-order valence-electron chi connectivity index (χ1n) is 18.6. The number of benzene rings is 1. The second-order valence-corrected chi connectivity index (χ2v) is 16.5. The molecule has 0 radical (unpaired) electrons. The number of halogens is 1. The maximum absolute atomic E-state index is 14.7. The third kappa shape index (κ3) is 6.87. The molecule has 0 N–H and O–H groups in total. The Bertz CT molecular complexity index is 1700. The van der Waals surface area contributed by atoms with E-state index in [1.165, 1.54) is 11.1 Å². The number of pyridine rings is 1. The first-order chi connectivity index (χ1) is 24.0. The van der Waals surface area contributed by atoms with E-state index >= 15 is 0 Å². The maximum Gasteiger partial charge on any atom is 0.410 e. The Morgan fingerprint density at radius 2 is 1.70 bits per heavy atom. The van der Waals surface area contributed by atoms with Crippen molar-refractivity contribution >= 4 is 29.4 Å². The lowest BCUT2D eigenvalue weighted by Gasteiger charge is -2.55. The van der Waals surface area contributed by atoms with E-state index in [2.05, 4.69) is 51.0 Å². The molecule has 50 heavy (non-hydrogen) atoms. The fraction of sp³-hybridized carbons (Fsp3) is 0.600. The van der Waals surface area contributed by atoms with Crippen LogP contribution in [0.3, 0.4) is 0 Å². The molecule has 10 heteroatoms. The molecular formula is C40H52ClN5O4. The van der Waals surface area contributed by atoms with Crippen molar-refractivity contribution in [2.45, 2.75) is 109 Å². The third-order valence-corrected chi connectivity index (χ3v) is 12.5. The predicted octanol–water partition coefficient (Wildman–Crippen LogP) is 8.77. The van der Waals surface area contributed by atoms with E-state index in [9.17, 15) is 9.59 Å². The van der Waals surface area contributed by atoms with Crippen LogP contribution >= 0.6 is 11.6 Å². The van der Waals surface area contributed by atoms with Crippen LogP contribution < -0.4 is 9.64 Å². The number of fused-ring (bicyclic) bond motifs is 3. The van der Waals surface area contributed by atoms with Gasteiger partial charge in [0.15, 0.2) is 0 Å². The average Bonchev–Trinajstić information content (AvgIpc) is 3.61. The number of aryl methyl sites for hydroxylation is 1. The minimum Gasteiger partial charge on any atom is -0.496 e. The predicted molar refractivity (Wildman–Crippen MR) is 196 cm³/mol. The van der Waals surface area contributed by atoms with Gasteiger partial charge in [-0.3, -0.25) is 14.4 Å². The van der Waals surface area contributed by atoms with E-state index < -0.39 is 0 Å². The first kappa shape index (κ1) is 34.8. The summed E-state index contributed by atoms with van der Waals surface area (Å²) in [5.41, 5.74) is 4.64. The number of likely N-dealkylation sites (tertiary alicyclic amines) is 1. The molecule has 5 fully saturated rings. The molecule has 2 amide bonds. The molecule has 1 aromatic carbocycles. The molecule has 1 aliphatic heterocycles. The molecule has 0 spiro atoms. The van der Waals surface area contributed by atoms with Crippen molar-refractivity contribution in [2.24, 2.45) is 17.3 Å². The fourth-order valence-electron chi connectivity index (χ4n) is 9.02. The van der Waals surface area contributed by atoms with E-state index in [1.54, 1.807) is 12.0 Å². The number of methoxy groups -OCH3 is 1. The number of aromatic nitrogens is 3. The Morgan fingerprint density at radius 1 is 1.00 bits per heavy atom. The van der Waals surface area contributed by atoms with Crippen molar-refractivity contribution in [1.82, 2.24) is 19.7 Å². The summed E-state index contributed by atoms with van der Waals surface area (Å²) in [6.07, 6.45) is 12.8. The lowest BCUT2D eigenvalue weighted by Crippen LogP contribution is -2.52. The molecule has 5 aliphatic rings. The van der Waals surface area contributed by atoms with Crippen molar-refractivity contribution in [3.05, 3.63) is 59.0 Å². The van der Waals surface area contributed by atoms with Gasteiger partial charge in [0.2, 0.25) is 5.91 Å². The molecule has 4 aliphatic carbocycles. The Kier molecular flexibility index (Phi) is 9.65. The third-order valence-electron chi connectivity index (χ3n) is 12.3. The quantitative estimate of drug-likeness (QED) is 0.207. The lowest BCUT2D eigenvalue weighted by molar-refractivity contribution is -0.124. The van der Waals surface area contributed by atoms with Gasteiger partial charge >= 0.3 is 6.09 Å². The van der Waals surface area contributed by atoms with Crippen LogP contribution in [0.4, 0.5) is 10.6 Å². The van der Waals surface area contributed by atoms with Crippen molar-refractivity contribution < 1.29 is 19.1 Å². The van der Waals surface area contributed by atoms with E-state index in [1.807, 2.05) is 34.1 Å². The molecule has 8 rings (SSSR count). The van der Waals surface area contributed by atoms with Gasteiger partial charge in [-0.2, -0.15) is 5.10 Å². The number of hydrogen-bond donors (Lipinski definition) is 0. The molecule has 0 atom stereocenters. The van der Waals surface area contributed by atoms with Crippen molar-refractivity contribution in [1.29, 1.82) is 0 Å². The second-order valence-electron chi connectivity index (χ2n) is 16.1. The van der Waals surface area contributed by atoms with Crippen LogP contribution in [-0.2, 0) is 14.9 Å². The normalized spacial score (nSPS) is 26.5. The highest BCUT2D eigenvalue weighted by atomic mass is 35.5. The summed E-state index contributed by atoms with van der Waals surface area (Å²) < 4.78 is 13.3. The number of nitrogens with zero attached hydrogens (tertiary/aromatic N) is 5. The SMILES string of the molecule is COc1ccc(C23CCC(CN(C(=O)C4CCC(OC(=O)N5CC(C)C5)CC4)c4cc(-c5cnn(C(C)C)c5)cc(Cl)n4)(CC2)CC3)cc1C. The zero-order valence-corrected chi connectivity index (χ0v) is 31.0. The van der Waals surface area contributed by atoms with E-state index in [4.69, 9.17) is 26.1 Å². The van der Waals surface area contributed by atoms with Gasteiger partial charge in [-0.15, -0.1) is 0 Å². The van der Waals surface area contributed by atoms with Gasteiger partial charge in [-0.1, -0.05) is 30.7 Å². The van der Waals surface area contributed by atoms with Crippen LogP contribution in [0.2, 0.25) is 5.15 Å². The highest BCUT2D eigenvalue weighted by Gasteiger charge is 2.51. The number of hydrogen-bond acceptors (Lipinski definition) is 6. The largest absolute Gasteiger partial charge is 0.496 e. The minimum atomic E-state index is -0.217. The number of anilines is 1. The van der Waals surface area contributed by atoms with Gasteiger partial charge in [0.25, 0.3) is 0 Å². The van der Waals surface area contributed by atoms with Crippen LogP contribution in [-0.4, -0.2) is 64.5 Å². The number of ether oxygens (including phenoxy) is 2. The summed E-state index contributed by atoms with van der Waals surface area (Å²) >= 11 is 6.72. The van der Waals surface area contributed by atoms with Crippen molar-refractivity contribution in [3.63, 3.8) is 0 Å². The van der Waals surface area contributed by atoms with Gasteiger partial charge in [0.1, 0.15) is 22.8 Å². The molecular weight excluding hydrogens is 650 g/mol. The van der Waals surface area contributed by atoms with Crippen LogP contribution in [0.15, 0.2) is 42.7 Å². The zero-order valence-electron chi connectivity index (χ0n) is 30.3. The molecule has 268 valence electrons. The van der Waals surface area contributed by atoms with Crippen LogP contribution in [0.1, 0.15) is 102 Å². The molecule has 4 saturated carbocycles. The van der Waals surface area contributed by atoms with Gasteiger partial charge in [0, 0.05) is 43.4 Å². The highest BCUT2D eigenvalue weighted by Crippen LogP contribution is 2.58. The first-order valence-corrected chi connectivity index (χ1v) is 19.0. The summed E-state index contributed by atoms with van der Waals surface area (Å²) in [6, 6.07) is 10.8. The van der Waals surface area contributed by atoms with E-state index in [-0.39, 0.29) is 40.9 Å². The topological polar surface area (TPSA) is 89.8 Å². The Hall–Kier alpha value is -3.59. The molecule has 3 heterocycles. The lowest BCUT2D eigenvalue weighted by atomic mass is 9.51.